The molecule has 0 unspecified atom stereocenters. The van der Waals surface area contributed by atoms with Crippen LogP contribution in [0.2, 0.25) is 0 Å². The Hall–Kier alpha value is -1.53. The Labute approximate surface area is 147 Å². The zero-order valence-electron chi connectivity index (χ0n) is 13.9. The van der Waals surface area contributed by atoms with Crippen molar-refractivity contribution in [1.29, 1.82) is 0 Å². The molecule has 2 aliphatic heterocycles. The van der Waals surface area contributed by atoms with Gasteiger partial charge in [-0.05, 0) is 12.0 Å². The molecule has 130 valence electrons. The van der Waals surface area contributed by atoms with E-state index in [2.05, 4.69) is 34.5 Å². The Morgan fingerprint density at radius 3 is 2.67 bits per heavy atom. The van der Waals surface area contributed by atoms with Crippen molar-refractivity contribution in [2.75, 3.05) is 44.2 Å². The van der Waals surface area contributed by atoms with Crippen LogP contribution in [0.5, 0.6) is 0 Å². The van der Waals surface area contributed by atoms with Crippen LogP contribution in [0.15, 0.2) is 30.3 Å². The van der Waals surface area contributed by atoms with Crippen LogP contribution in [-0.2, 0) is 16.0 Å². The van der Waals surface area contributed by atoms with Gasteiger partial charge in [-0.1, -0.05) is 30.3 Å². The lowest BCUT2D eigenvalue weighted by atomic mass is 10.1. The van der Waals surface area contributed by atoms with Gasteiger partial charge in [0, 0.05) is 50.7 Å². The lowest BCUT2D eigenvalue weighted by Gasteiger charge is -2.36. The third kappa shape index (κ3) is 4.74. The van der Waals surface area contributed by atoms with Crippen molar-refractivity contribution in [3.63, 3.8) is 0 Å². The number of hydrogen-bond donors (Lipinski definition) is 1. The van der Waals surface area contributed by atoms with Crippen LogP contribution in [0.4, 0.5) is 0 Å². The van der Waals surface area contributed by atoms with Gasteiger partial charge in [0.25, 0.3) is 0 Å². The van der Waals surface area contributed by atoms with Gasteiger partial charge in [-0.3, -0.25) is 14.5 Å². The molecule has 0 aromatic heterocycles. The van der Waals surface area contributed by atoms with E-state index in [1.54, 1.807) is 11.8 Å². The number of thioether (sulfide) groups is 1. The SMILES string of the molecule is O=C1CCSC[C@H](C(=O)N2CCN(CCc3ccccc3)CC2)N1. The van der Waals surface area contributed by atoms with E-state index in [0.29, 0.717) is 12.2 Å². The molecule has 1 aromatic carbocycles. The van der Waals surface area contributed by atoms with Crippen molar-refractivity contribution >= 4 is 23.6 Å². The van der Waals surface area contributed by atoms with E-state index in [0.717, 1.165) is 44.9 Å². The highest BCUT2D eigenvalue weighted by atomic mass is 32.2. The Morgan fingerprint density at radius 1 is 1.17 bits per heavy atom. The van der Waals surface area contributed by atoms with Gasteiger partial charge in [0.2, 0.25) is 11.8 Å². The van der Waals surface area contributed by atoms with Gasteiger partial charge in [-0.15, -0.1) is 0 Å². The quantitative estimate of drug-likeness (QED) is 0.883. The summed E-state index contributed by atoms with van der Waals surface area (Å²) in [5.74, 6) is 1.59. The largest absolute Gasteiger partial charge is 0.343 e. The molecule has 0 radical (unpaired) electrons. The summed E-state index contributed by atoms with van der Waals surface area (Å²) in [5.41, 5.74) is 1.36. The summed E-state index contributed by atoms with van der Waals surface area (Å²) in [5, 5.41) is 2.87. The second-order valence-corrected chi connectivity index (χ2v) is 7.50. The number of nitrogens with one attached hydrogen (secondary N) is 1. The fourth-order valence-electron chi connectivity index (χ4n) is 3.15. The van der Waals surface area contributed by atoms with Crippen molar-refractivity contribution in [3.8, 4) is 0 Å². The fraction of sp³-hybridized carbons (Fsp3) is 0.556. The number of amides is 2. The number of rotatable bonds is 4. The van der Waals surface area contributed by atoms with Crippen LogP contribution < -0.4 is 5.32 Å². The van der Waals surface area contributed by atoms with E-state index in [1.165, 1.54) is 5.56 Å². The Morgan fingerprint density at radius 2 is 1.92 bits per heavy atom. The highest BCUT2D eigenvalue weighted by Gasteiger charge is 2.29. The lowest BCUT2D eigenvalue weighted by Crippen LogP contribution is -2.55. The highest BCUT2D eigenvalue weighted by molar-refractivity contribution is 7.99. The smallest absolute Gasteiger partial charge is 0.246 e. The first-order chi connectivity index (χ1) is 11.7. The zero-order valence-corrected chi connectivity index (χ0v) is 14.8. The molecule has 2 saturated heterocycles. The first kappa shape index (κ1) is 17.3. The second kappa shape index (κ2) is 8.53. The van der Waals surface area contributed by atoms with Crippen molar-refractivity contribution in [1.82, 2.24) is 15.1 Å². The summed E-state index contributed by atoms with van der Waals surface area (Å²) >= 11 is 1.68. The second-order valence-electron chi connectivity index (χ2n) is 6.35. The van der Waals surface area contributed by atoms with Gasteiger partial charge in [-0.25, -0.2) is 0 Å². The molecule has 1 atom stereocenters. The van der Waals surface area contributed by atoms with Crippen molar-refractivity contribution in [3.05, 3.63) is 35.9 Å². The first-order valence-corrected chi connectivity index (χ1v) is 9.80. The predicted octanol–water partition coefficient (Wildman–Crippen LogP) is 0.995. The summed E-state index contributed by atoms with van der Waals surface area (Å²) in [7, 11) is 0. The minimum absolute atomic E-state index is 0.000142. The molecule has 0 aliphatic carbocycles. The van der Waals surface area contributed by atoms with Crippen molar-refractivity contribution in [2.24, 2.45) is 0 Å². The molecular formula is C18H25N3O2S. The van der Waals surface area contributed by atoms with E-state index in [9.17, 15) is 9.59 Å². The third-order valence-electron chi connectivity index (χ3n) is 4.63. The normalized spacial score (nSPS) is 22.8. The van der Waals surface area contributed by atoms with Gasteiger partial charge >= 0.3 is 0 Å². The molecule has 2 heterocycles. The average Bonchev–Trinajstić information content (AvgIpc) is 2.85. The van der Waals surface area contributed by atoms with Crippen LogP contribution in [0.3, 0.4) is 0 Å². The average molecular weight is 347 g/mol. The molecule has 24 heavy (non-hydrogen) atoms. The van der Waals surface area contributed by atoms with E-state index in [1.807, 2.05) is 11.0 Å². The first-order valence-electron chi connectivity index (χ1n) is 8.64. The molecule has 2 fully saturated rings. The number of nitrogens with zero attached hydrogens (tertiary/aromatic N) is 2. The minimum Gasteiger partial charge on any atom is -0.343 e. The topological polar surface area (TPSA) is 52.7 Å². The van der Waals surface area contributed by atoms with E-state index in [4.69, 9.17) is 0 Å². The standard InChI is InChI=1S/C18H25N3O2S/c22-17-7-13-24-14-16(19-17)18(23)21-11-9-20(10-12-21)8-6-15-4-2-1-3-5-15/h1-5,16H,6-14H2,(H,19,22)/t16-/m1/s1. The van der Waals surface area contributed by atoms with E-state index in [-0.39, 0.29) is 17.9 Å². The maximum absolute atomic E-state index is 12.6. The molecular weight excluding hydrogens is 322 g/mol. The summed E-state index contributed by atoms with van der Waals surface area (Å²) in [6, 6.07) is 10.2. The molecule has 0 spiro atoms. The number of carbonyl (C=O) groups is 2. The fourth-order valence-corrected chi connectivity index (χ4v) is 4.11. The molecule has 6 heteroatoms. The van der Waals surface area contributed by atoms with Crippen LogP contribution in [0.1, 0.15) is 12.0 Å². The van der Waals surface area contributed by atoms with Crippen LogP contribution in [0, 0.1) is 0 Å². The number of benzene rings is 1. The Kier molecular flexibility index (Phi) is 6.15. The molecule has 5 nitrogen and oxygen atoms in total. The third-order valence-corrected chi connectivity index (χ3v) is 5.70. The number of carbonyl (C=O) groups excluding carboxylic acids is 2. The molecule has 0 bridgehead atoms. The molecule has 3 rings (SSSR count). The lowest BCUT2D eigenvalue weighted by molar-refractivity contribution is -0.137. The molecule has 0 saturated carbocycles. The van der Waals surface area contributed by atoms with Crippen LogP contribution in [-0.4, -0.2) is 71.9 Å². The monoisotopic (exact) mass is 347 g/mol. The Balaban J connectivity index is 1.44. The minimum atomic E-state index is -0.346. The highest BCUT2D eigenvalue weighted by Crippen LogP contribution is 2.13. The maximum atomic E-state index is 12.6. The Bertz CT molecular complexity index is 559. The molecule has 1 N–H and O–H groups in total. The van der Waals surface area contributed by atoms with Gasteiger partial charge in [-0.2, -0.15) is 11.8 Å². The number of piperazine rings is 1. The summed E-state index contributed by atoms with van der Waals surface area (Å²) in [4.78, 5) is 28.6. The van der Waals surface area contributed by atoms with Crippen molar-refractivity contribution in [2.45, 2.75) is 18.9 Å². The molecule has 2 aliphatic rings. The molecule has 1 aromatic rings. The van der Waals surface area contributed by atoms with Gasteiger partial charge < -0.3 is 10.2 Å². The predicted molar refractivity (Wildman–Crippen MR) is 97.0 cm³/mol. The van der Waals surface area contributed by atoms with Crippen molar-refractivity contribution < 1.29 is 9.59 Å². The summed E-state index contributed by atoms with van der Waals surface area (Å²) < 4.78 is 0. The van der Waals surface area contributed by atoms with Gasteiger partial charge in [0.15, 0.2) is 0 Å². The van der Waals surface area contributed by atoms with Gasteiger partial charge in [0.1, 0.15) is 6.04 Å². The zero-order chi connectivity index (χ0) is 16.8. The summed E-state index contributed by atoms with van der Waals surface area (Å²) in [6.45, 7) is 4.36. The van der Waals surface area contributed by atoms with E-state index >= 15 is 0 Å². The van der Waals surface area contributed by atoms with Crippen LogP contribution >= 0.6 is 11.8 Å². The summed E-state index contributed by atoms with van der Waals surface area (Å²) in [6.07, 6.45) is 1.56. The van der Waals surface area contributed by atoms with Crippen LogP contribution in [0.25, 0.3) is 0 Å². The number of hydrogen-bond acceptors (Lipinski definition) is 4. The van der Waals surface area contributed by atoms with E-state index < -0.39 is 0 Å². The molecule has 2 amide bonds. The van der Waals surface area contributed by atoms with Gasteiger partial charge in [0.05, 0.1) is 0 Å². The maximum Gasteiger partial charge on any atom is 0.246 e.